The van der Waals surface area contributed by atoms with Crippen molar-refractivity contribution in [2.75, 3.05) is 5.32 Å². The van der Waals surface area contributed by atoms with Crippen molar-refractivity contribution in [3.63, 3.8) is 0 Å². The minimum absolute atomic E-state index is 0.291. The summed E-state index contributed by atoms with van der Waals surface area (Å²) in [5, 5.41) is 3.30. The van der Waals surface area contributed by atoms with Crippen molar-refractivity contribution in [3.05, 3.63) is 59.6 Å². The number of halogens is 1. The number of nitrogens with one attached hydrogen (secondary N) is 1. The van der Waals surface area contributed by atoms with Crippen molar-refractivity contribution in [2.45, 2.75) is 6.04 Å². The number of carbonyl (C=O) groups is 1. The molecule has 0 radical (unpaired) electrons. The normalized spacial score (nSPS) is 12.2. The van der Waals surface area contributed by atoms with Crippen molar-refractivity contribution in [1.82, 2.24) is 14.4 Å². The van der Waals surface area contributed by atoms with E-state index in [1.165, 1.54) is 0 Å². The molecular formula is C14H12ClN5O. The Hall–Kier alpha value is -2.60. The summed E-state index contributed by atoms with van der Waals surface area (Å²) in [6.07, 6.45) is 5.01. The molecule has 3 rings (SSSR count). The molecule has 2 aromatic heterocycles. The molecule has 3 aromatic rings. The average Bonchev–Trinajstić information content (AvgIpc) is 2.93. The summed E-state index contributed by atoms with van der Waals surface area (Å²) >= 11 is 5.97. The Labute approximate surface area is 125 Å². The Morgan fingerprint density at radius 2 is 2.10 bits per heavy atom. The van der Waals surface area contributed by atoms with Crippen LogP contribution in [0.25, 0.3) is 5.65 Å². The number of hydrogen-bond donors (Lipinski definition) is 2. The summed E-state index contributed by atoms with van der Waals surface area (Å²) in [5.74, 6) is -0.104. The highest BCUT2D eigenvalue weighted by molar-refractivity contribution is 6.29. The summed E-state index contributed by atoms with van der Waals surface area (Å²) in [6.45, 7) is 0. The number of aromatic nitrogens is 3. The summed E-state index contributed by atoms with van der Waals surface area (Å²) in [4.78, 5) is 20.1. The number of nitrogens with zero attached hydrogens (tertiary/aromatic N) is 3. The van der Waals surface area contributed by atoms with Crippen LogP contribution in [0.1, 0.15) is 11.6 Å². The highest BCUT2D eigenvalue weighted by Crippen LogP contribution is 2.22. The monoisotopic (exact) mass is 301 g/mol. The van der Waals surface area contributed by atoms with Gasteiger partial charge in [-0.05, 0) is 5.56 Å². The lowest BCUT2D eigenvalue weighted by atomic mass is 10.1. The first-order valence-corrected chi connectivity index (χ1v) is 6.63. The molecule has 0 bridgehead atoms. The van der Waals surface area contributed by atoms with Crippen LogP contribution in [0.5, 0.6) is 0 Å². The van der Waals surface area contributed by atoms with Gasteiger partial charge in [-0.3, -0.25) is 4.79 Å². The third kappa shape index (κ3) is 2.66. The molecule has 0 fully saturated rings. The third-order valence-corrected chi connectivity index (χ3v) is 3.23. The van der Waals surface area contributed by atoms with Crippen molar-refractivity contribution in [2.24, 2.45) is 5.73 Å². The van der Waals surface area contributed by atoms with Gasteiger partial charge >= 0.3 is 0 Å². The van der Waals surface area contributed by atoms with Gasteiger partial charge in [0, 0.05) is 18.6 Å². The molecule has 0 aliphatic carbocycles. The zero-order valence-corrected chi connectivity index (χ0v) is 11.7. The molecule has 1 aromatic carbocycles. The molecule has 0 unspecified atom stereocenters. The van der Waals surface area contributed by atoms with Crippen molar-refractivity contribution in [1.29, 1.82) is 0 Å². The molecule has 3 N–H and O–H groups in total. The fraction of sp³-hybridized carbons (Fsp3) is 0.0714. The predicted octanol–water partition coefficient (Wildman–Crippen LogP) is 2.02. The maximum absolute atomic E-state index is 11.7. The molecule has 0 saturated carbocycles. The van der Waals surface area contributed by atoms with Crippen molar-refractivity contribution in [3.8, 4) is 0 Å². The lowest BCUT2D eigenvalue weighted by Gasteiger charge is -2.17. The van der Waals surface area contributed by atoms with E-state index in [1.807, 2.05) is 30.3 Å². The molecule has 106 valence electrons. The second-order valence-electron chi connectivity index (χ2n) is 4.46. The van der Waals surface area contributed by atoms with E-state index in [0.29, 0.717) is 16.6 Å². The molecule has 21 heavy (non-hydrogen) atoms. The fourth-order valence-corrected chi connectivity index (χ4v) is 2.29. The van der Waals surface area contributed by atoms with Crippen LogP contribution in [0.3, 0.4) is 0 Å². The lowest BCUT2D eigenvalue weighted by Crippen LogP contribution is -2.28. The fourth-order valence-electron chi connectivity index (χ4n) is 2.10. The van der Waals surface area contributed by atoms with Gasteiger partial charge < -0.3 is 15.5 Å². The van der Waals surface area contributed by atoms with E-state index in [2.05, 4.69) is 15.3 Å². The quantitative estimate of drug-likeness (QED) is 0.772. The van der Waals surface area contributed by atoms with E-state index in [9.17, 15) is 4.79 Å². The summed E-state index contributed by atoms with van der Waals surface area (Å²) < 4.78 is 1.72. The Bertz CT molecular complexity index is 786. The molecule has 7 heteroatoms. The van der Waals surface area contributed by atoms with Crippen LogP contribution < -0.4 is 11.1 Å². The van der Waals surface area contributed by atoms with Crippen LogP contribution in [0.15, 0.2) is 48.9 Å². The van der Waals surface area contributed by atoms with Gasteiger partial charge in [-0.25, -0.2) is 9.97 Å². The minimum atomic E-state index is -0.710. The Balaban J connectivity index is 2.02. The van der Waals surface area contributed by atoms with E-state index < -0.39 is 11.9 Å². The van der Waals surface area contributed by atoms with Gasteiger partial charge in [-0.2, -0.15) is 0 Å². The Kier molecular flexibility index (Phi) is 3.45. The zero-order chi connectivity index (χ0) is 14.8. The number of nitrogens with two attached hydrogens (primary N) is 1. The van der Waals surface area contributed by atoms with Crippen LogP contribution >= 0.6 is 11.6 Å². The molecule has 0 aliphatic rings. The number of primary amides is 1. The van der Waals surface area contributed by atoms with Gasteiger partial charge in [0.25, 0.3) is 0 Å². The second-order valence-corrected chi connectivity index (χ2v) is 4.85. The summed E-state index contributed by atoms with van der Waals surface area (Å²) in [7, 11) is 0. The number of rotatable bonds is 4. The highest BCUT2D eigenvalue weighted by atomic mass is 35.5. The maximum atomic E-state index is 11.7. The predicted molar refractivity (Wildman–Crippen MR) is 80.0 cm³/mol. The van der Waals surface area contributed by atoms with Gasteiger partial charge in [0.2, 0.25) is 5.91 Å². The minimum Gasteiger partial charge on any atom is -0.368 e. The Morgan fingerprint density at radius 1 is 1.33 bits per heavy atom. The van der Waals surface area contributed by atoms with E-state index in [-0.39, 0.29) is 0 Å². The van der Waals surface area contributed by atoms with Crippen LogP contribution in [0, 0.1) is 0 Å². The molecule has 1 amide bonds. The number of anilines is 1. The molecule has 1 atom stereocenters. The number of imidazole rings is 1. The molecule has 0 spiro atoms. The SMILES string of the molecule is NC(=O)[C@@H](Nc1nc(Cl)cn2ccnc12)c1ccccc1. The first-order valence-electron chi connectivity index (χ1n) is 6.25. The highest BCUT2D eigenvalue weighted by Gasteiger charge is 2.20. The van der Waals surface area contributed by atoms with Crippen molar-refractivity contribution >= 4 is 29.0 Å². The van der Waals surface area contributed by atoms with E-state index in [0.717, 1.165) is 5.56 Å². The van der Waals surface area contributed by atoms with Gasteiger partial charge in [-0.1, -0.05) is 41.9 Å². The van der Waals surface area contributed by atoms with E-state index in [4.69, 9.17) is 17.3 Å². The Morgan fingerprint density at radius 3 is 2.81 bits per heavy atom. The first kappa shape index (κ1) is 13.4. The zero-order valence-electron chi connectivity index (χ0n) is 10.9. The standard InChI is InChI=1S/C14H12ClN5O/c15-10-8-20-7-6-17-14(20)13(18-10)19-11(12(16)21)9-4-2-1-3-5-9/h1-8,11H,(H2,16,21)(H,18,19)/t11-/m0/s1. The van der Waals surface area contributed by atoms with E-state index in [1.54, 1.807) is 23.0 Å². The molecule has 6 nitrogen and oxygen atoms in total. The number of hydrogen-bond acceptors (Lipinski definition) is 4. The lowest BCUT2D eigenvalue weighted by molar-refractivity contribution is -0.118. The molecule has 2 heterocycles. The van der Waals surface area contributed by atoms with Crippen LogP contribution in [0.4, 0.5) is 5.82 Å². The van der Waals surface area contributed by atoms with Crippen LogP contribution in [0.2, 0.25) is 5.15 Å². The smallest absolute Gasteiger partial charge is 0.244 e. The number of fused-ring (bicyclic) bond motifs is 1. The summed E-state index contributed by atoms with van der Waals surface area (Å²) in [6, 6.07) is 8.46. The largest absolute Gasteiger partial charge is 0.368 e. The molecule has 0 aliphatic heterocycles. The number of amides is 1. The van der Waals surface area contributed by atoms with Crippen LogP contribution in [-0.2, 0) is 4.79 Å². The topological polar surface area (TPSA) is 85.3 Å². The average molecular weight is 302 g/mol. The van der Waals surface area contributed by atoms with Crippen LogP contribution in [-0.4, -0.2) is 20.3 Å². The van der Waals surface area contributed by atoms with Gasteiger partial charge in [0.05, 0.1) is 0 Å². The first-order chi connectivity index (χ1) is 10.1. The van der Waals surface area contributed by atoms with Gasteiger partial charge in [0.15, 0.2) is 11.5 Å². The number of benzene rings is 1. The summed E-state index contributed by atoms with van der Waals surface area (Å²) in [5.41, 5.74) is 6.80. The maximum Gasteiger partial charge on any atom is 0.244 e. The molecule has 0 saturated heterocycles. The third-order valence-electron chi connectivity index (χ3n) is 3.04. The van der Waals surface area contributed by atoms with Gasteiger partial charge in [-0.15, -0.1) is 0 Å². The number of carbonyl (C=O) groups excluding carboxylic acids is 1. The molecular weight excluding hydrogens is 290 g/mol. The van der Waals surface area contributed by atoms with E-state index >= 15 is 0 Å². The second kappa shape index (κ2) is 5.41. The van der Waals surface area contributed by atoms with Gasteiger partial charge in [0.1, 0.15) is 11.2 Å². The van der Waals surface area contributed by atoms with Crippen molar-refractivity contribution < 1.29 is 4.79 Å².